The molecule has 3 rings (SSSR count). The van der Waals surface area contributed by atoms with Crippen molar-refractivity contribution in [3.63, 3.8) is 0 Å². The van der Waals surface area contributed by atoms with E-state index in [2.05, 4.69) is 10.3 Å². The zero-order chi connectivity index (χ0) is 15.9. The molecule has 1 atom stereocenters. The van der Waals surface area contributed by atoms with Gasteiger partial charge in [-0.05, 0) is 31.0 Å². The van der Waals surface area contributed by atoms with Gasteiger partial charge in [0.2, 0.25) is 5.92 Å². The molecule has 0 aliphatic heterocycles. The molecule has 1 aliphatic carbocycles. The number of hydrogen-bond acceptors (Lipinski definition) is 2. The molecule has 1 aromatic heterocycles. The van der Waals surface area contributed by atoms with Crippen LogP contribution < -0.4 is 5.32 Å². The van der Waals surface area contributed by atoms with Gasteiger partial charge in [-0.15, -0.1) is 0 Å². The number of benzene rings is 1. The average Bonchev–Trinajstić information content (AvgIpc) is 2.85. The maximum absolute atomic E-state index is 13.1. The van der Waals surface area contributed by atoms with E-state index in [-0.39, 0.29) is 18.9 Å². The molecule has 0 spiro atoms. The third-order valence-electron chi connectivity index (χ3n) is 4.08. The summed E-state index contributed by atoms with van der Waals surface area (Å²) in [6, 6.07) is 4.97. The van der Waals surface area contributed by atoms with E-state index in [1.165, 1.54) is 0 Å². The fourth-order valence-corrected chi connectivity index (χ4v) is 3.40. The Labute approximate surface area is 136 Å². The van der Waals surface area contributed by atoms with Gasteiger partial charge in [0.05, 0.1) is 10.7 Å². The number of alkyl halides is 2. The van der Waals surface area contributed by atoms with E-state index < -0.39 is 12.2 Å². The molecule has 120 valence electrons. The van der Waals surface area contributed by atoms with E-state index in [0.29, 0.717) is 28.6 Å². The number of nitrogens with one attached hydrogen (secondary N) is 2. The first-order valence-electron chi connectivity index (χ1n) is 7.14. The first-order chi connectivity index (χ1) is 10.3. The van der Waals surface area contributed by atoms with Gasteiger partial charge in [0.25, 0.3) is 0 Å². The molecular formula is C15H16Cl2F2N2O. The Morgan fingerprint density at radius 1 is 1.23 bits per heavy atom. The lowest BCUT2D eigenvalue weighted by atomic mass is 9.92. The summed E-state index contributed by atoms with van der Waals surface area (Å²) in [6.45, 7) is 0. The van der Waals surface area contributed by atoms with Gasteiger partial charge in [0, 0.05) is 34.8 Å². The van der Waals surface area contributed by atoms with Crippen molar-refractivity contribution in [2.24, 2.45) is 0 Å². The van der Waals surface area contributed by atoms with Gasteiger partial charge in [-0.2, -0.15) is 0 Å². The predicted molar refractivity (Wildman–Crippen MR) is 83.6 cm³/mol. The Hall–Kier alpha value is -0.880. The highest BCUT2D eigenvalue weighted by Gasteiger charge is 2.35. The van der Waals surface area contributed by atoms with Crippen LogP contribution in [0.1, 0.15) is 37.6 Å². The van der Waals surface area contributed by atoms with Gasteiger partial charge >= 0.3 is 0 Å². The molecule has 1 unspecified atom stereocenters. The van der Waals surface area contributed by atoms with Gasteiger partial charge in [0.1, 0.15) is 6.23 Å². The maximum atomic E-state index is 13.1. The van der Waals surface area contributed by atoms with Gasteiger partial charge in [-0.3, -0.25) is 5.32 Å². The van der Waals surface area contributed by atoms with Crippen molar-refractivity contribution in [1.82, 2.24) is 10.3 Å². The largest absolute Gasteiger partial charge is 0.373 e. The van der Waals surface area contributed by atoms with E-state index in [1.54, 1.807) is 18.2 Å². The van der Waals surface area contributed by atoms with Crippen LogP contribution in [0.2, 0.25) is 10.0 Å². The molecule has 3 nitrogen and oxygen atoms in total. The second kappa shape index (κ2) is 5.96. The Balaban J connectivity index is 1.73. The number of aromatic nitrogens is 1. The fraction of sp³-hybridized carbons (Fsp3) is 0.467. The first kappa shape index (κ1) is 16.0. The van der Waals surface area contributed by atoms with Crippen LogP contribution in [-0.4, -0.2) is 22.1 Å². The van der Waals surface area contributed by atoms with Crippen molar-refractivity contribution in [2.75, 3.05) is 0 Å². The average molecular weight is 349 g/mol. The normalized spacial score (nSPS) is 20.4. The van der Waals surface area contributed by atoms with Gasteiger partial charge in [0.15, 0.2) is 0 Å². The highest BCUT2D eigenvalue weighted by atomic mass is 35.5. The van der Waals surface area contributed by atoms with Crippen LogP contribution in [0.4, 0.5) is 8.78 Å². The smallest absolute Gasteiger partial charge is 0.248 e. The maximum Gasteiger partial charge on any atom is 0.248 e. The van der Waals surface area contributed by atoms with Crippen molar-refractivity contribution in [3.8, 4) is 0 Å². The van der Waals surface area contributed by atoms with E-state index in [0.717, 1.165) is 10.9 Å². The first-order valence-corrected chi connectivity index (χ1v) is 7.89. The monoisotopic (exact) mass is 348 g/mol. The van der Waals surface area contributed by atoms with E-state index in [9.17, 15) is 13.9 Å². The zero-order valence-electron chi connectivity index (χ0n) is 11.7. The highest BCUT2D eigenvalue weighted by molar-refractivity contribution is 6.38. The number of hydrogen-bond donors (Lipinski definition) is 3. The van der Waals surface area contributed by atoms with Crippen LogP contribution in [0.15, 0.2) is 18.2 Å². The minimum atomic E-state index is -2.57. The van der Waals surface area contributed by atoms with Gasteiger partial charge in [-0.1, -0.05) is 23.2 Å². The molecule has 3 N–H and O–H groups in total. The number of aliphatic hydroxyl groups is 1. The van der Waals surface area contributed by atoms with Gasteiger partial charge in [-0.25, -0.2) is 8.78 Å². The summed E-state index contributed by atoms with van der Waals surface area (Å²) in [4.78, 5) is 3.05. The number of halogens is 4. The molecule has 1 aromatic carbocycles. The summed E-state index contributed by atoms with van der Waals surface area (Å²) in [5, 5.41) is 15.0. The third-order valence-corrected chi connectivity index (χ3v) is 4.61. The van der Waals surface area contributed by atoms with E-state index in [1.807, 2.05) is 0 Å². The molecule has 1 fully saturated rings. The standard InChI is InChI=1S/C15H16Cl2F2N2O/c16-8-5-11(17)10-7-13(21-12(10)6-8)14(22)20-9-1-3-15(18,19)4-2-9/h5-7,9,14,20-22H,1-4H2. The molecule has 7 heteroatoms. The van der Waals surface area contributed by atoms with Crippen molar-refractivity contribution in [1.29, 1.82) is 0 Å². The number of aromatic amines is 1. The minimum absolute atomic E-state index is 0.125. The number of fused-ring (bicyclic) bond motifs is 1. The molecule has 2 aromatic rings. The van der Waals surface area contributed by atoms with Crippen molar-refractivity contribution in [3.05, 3.63) is 33.9 Å². The molecular weight excluding hydrogens is 333 g/mol. The molecule has 1 saturated carbocycles. The van der Waals surface area contributed by atoms with E-state index >= 15 is 0 Å². The van der Waals surface area contributed by atoms with Crippen LogP contribution in [0.3, 0.4) is 0 Å². The Kier molecular flexibility index (Phi) is 4.34. The Morgan fingerprint density at radius 3 is 2.59 bits per heavy atom. The quantitative estimate of drug-likeness (QED) is 0.708. The Morgan fingerprint density at radius 2 is 1.91 bits per heavy atom. The second-order valence-corrected chi connectivity index (χ2v) is 6.62. The summed E-state index contributed by atoms with van der Waals surface area (Å²) < 4.78 is 26.3. The molecule has 22 heavy (non-hydrogen) atoms. The lowest BCUT2D eigenvalue weighted by Gasteiger charge is -2.30. The molecule has 0 radical (unpaired) electrons. The lowest BCUT2D eigenvalue weighted by Crippen LogP contribution is -2.39. The van der Waals surface area contributed by atoms with Crippen LogP contribution in [0, 0.1) is 0 Å². The zero-order valence-corrected chi connectivity index (χ0v) is 13.2. The van der Waals surface area contributed by atoms with Crippen LogP contribution in [0.25, 0.3) is 10.9 Å². The highest BCUT2D eigenvalue weighted by Crippen LogP contribution is 2.34. The van der Waals surface area contributed by atoms with Crippen LogP contribution in [-0.2, 0) is 0 Å². The third kappa shape index (κ3) is 3.38. The van der Waals surface area contributed by atoms with Gasteiger partial charge < -0.3 is 10.1 Å². The van der Waals surface area contributed by atoms with Crippen LogP contribution >= 0.6 is 23.2 Å². The summed E-state index contributed by atoms with van der Waals surface area (Å²) >= 11 is 12.1. The molecule has 1 heterocycles. The van der Waals surface area contributed by atoms with Crippen molar-refractivity contribution >= 4 is 34.1 Å². The fourth-order valence-electron chi connectivity index (χ4n) is 2.85. The molecule has 1 aliphatic rings. The molecule has 0 saturated heterocycles. The Bertz CT molecular complexity index is 679. The number of aliphatic hydroxyl groups excluding tert-OH is 1. The summed E-state index contributed by atoms with van der Waals surface area (Å²) in [5.41, 5.74) is 1.26. The summed E-state index contributed by atoms with van der Waals surface area (Å²) in [5.74, 6) is -2.57. The number of H-pyrrole nitrogens is 1. The lowest BCUT2D eigenvalue weighted by molar-refractivity contribution is -0.0455. The molecule has 0 bridgehead atoms. The van der Waals surface area contributed by atoms with Crippen LogP contribution in [0.5, 0.6) is 0 Å². The topological polar surface area (TPSA) is 48.0 Å². The summed E-state index contributed by atoms with van der Waals surface area (Å²) in [7, 11) is 0. The SMILES string of the molecule is OC(NC1CCC(F)(F)CC1)c1cc2c(Cl)cc(Cl)cc2[nH]1. The minimum Gasteiger partial charge on any atom is -0.373 e. The van der Waals surface area contributed by atoms with Crippen molar-refractivity contribution < 1.29 is 13.9 Å². The second-order valence-electron chi connectivity index (χ2n) is 5.77. The number of rotatable bonds is 3. The molecule has 0 amide bonds. The van der Waals surface area contributed by atoms with E-state index in [4.69, 9.17) is 23.2 Å². The summed E-state index contributed by atoms with van der Waals surface area (Å²) in [6.07, 6.45) is -0.566. The predicted octanol–water partition coefficient (Wildman–Crippen LogP) is 4.63. The van der Waals surface area contributed by atoms with Crippen molar-refractivity contribution in [2.45, 2.75) is 43.9 Å².